The molecule has 4 rings (SSSR count). The van der Waals surface area contributed by atoms with E-state index in [9.17, 15) is 4.79 Å². The number of hydrogen-bond donors (Lipinski definition) is 1. The minimum absolute atomic E-state index is 0.0241. The molecular formula is C22H36N4O4. The minimum Gasteiger partial charge on any atom is -0.429 e. The molecule has 168 valence electrons. The Balaban J connectivity index is 1.35. The first kappa shape index (κ1) is 21.6. The quantitative estimate of drug-likeness (QED) is 0.722. The molecule has 0 aliphatic carbocycles. The van der Waals surface area contributed by atoms with Crippen LogP contribution in [0.15, 0.2) is 4.42 Å². The van der Waals surface area contributed by atoms with Crippen molar-refractivity contribution in [3.63, 3.8) is 0 Å². The highest BCUT2D eigenvalue weighted by Gasteiger charge is 2.32. The van der Waals surface area contributed by atoms with Crippen LogP contribution in [-0.2, 0) is 20.8 Å². The predicted molar refractivity (Wildman–Crippen MR) is 113 cm³/mol. The second-order valence-electron chi connectivity index (χ2n) is 8.88. The summed E-state index contributed by atoms with van der Waals surface area (Å²) in [5.74, 6) is 1.59. The van der Waals surface area contributed by atoms with Gasteiger partial charge in [-0.3, -0.25) is 9.69 Å². The molecule has 3 fully saturated rings. The Bertz CT molecular complexity index is 697. The fourth-order valence-electron chi connectivity index (χ4n) is 4.74. The van der Waals surface area contributed by atoms with Crippen LogP contribution >= 0.6 is 0 Å². The number of aryl methyl sites for hydroxylation is 1. The third-order valence-corrected chi connectivity index (χ3v) is 6.63. The van der Waals surface area contributed by atoms with Gasteiger partial charge in [0.2, 0.25) is 5.91 Å². The van der Waals surface area contributed by atoms with Gasteiger partial charge in [0.1, 0.15) is 5.76 Å². The lowest BCUT2D eigenvalue weighted by Gasteiger charge is -2.36. The summed E-state index contributed by atoms with van der Waals surface area (Å²) >= 11 is 0. The lowest BCUT2D eigenvalue weighted by Crippen LogP contribution is -2.47. The fraction of sp³-hybridized carbons (Fsp3) is 0.818. The number of rotatable bonds is 7. The zero-order valence-electron chi connectivity index (χ0n) is 18.4. The summed E-state index contributed by atoms with van der Waals surface area (Å²) in [7, 11) is 0. The molecule has 0 unspecified atom stereocenters. The summed E-state index contributed by atoms with van der Waals surface area (Å²) in [6, 6.07) is 0.695. The van der Waals surface area contributed by atoms with Crippen LogP contribution in [0.4, 0.5) is 6.01 Å². The summed E-state index contributed by atoms with van der Waals surface area (Å²) in [5.41, 5.74) is 0.978. The van der Waals surface area contributed by atoms with E-state index in [0.717, 1.165) is 76.5 Å². The number of hydrogen-bond acceptors (Lipinski definition) is 7. The summed E-state index contributed by atoms with van der Waals surface area (Å²) in [5, 5.41) is 3.14. The average molecular weight is 421 g/mol. The van der Waals surface area contributed by atoms with Crippen LogP contribution in [0, 0.1) is 18.8 Å². The zero-order valence-corrected chi connectivity index (χ0v) is 18.4. The third kappa shape index (κ3) is 5.34. The number of aromatic nitrogens is 1. The normalized spacial score (nSPS) is 28.1. The predicted octanol–water partition coefficient (Wildman–Crippen LogP) is 1.96. The highest BCUT2D eigenvalue weighted by Crippen LogP contribution is 2.27. The highest BCUT2D eigenvalue weighted by atomic mass is 16.5. The molecule has 3 saturated heterocycles. The van der Waals surface area contributed by atoms with Gasteiger partial charge in [0.05, 0.1) is 30.9 Å². The molecule has 3 aliphatic rings. The number of morpholine rings is 1. The van der Waals surface area contributed by atoms with Crippen molar-refractivity contribution in [3.05, 3.63) is 11.5 Å². The van der Waals surface area contributed by atoms with Gasteiger partial charge in [-0.2, -0.15) is 4.98 Å². The van der Waals surface area contributed by atoms with Crippen molar-refractivity contribution in [1.82, 2.24) is 15.2 Å². The molecule has 8 heteroatoms. The number of ether oxygens (including phenoxy) is 2. The Morgan fingerprint density at radius 1 is 1.23 bits per heavy atom. The number of carbonyl (C=O) groups excluding carboxylic acids is 1. The molecule has 0 radical (unpaired) electrons. The molecule has 3 aliphatic heterocycles. The monoisotopic (exact) mass is 420 g/mol. The van der Waals surface area contributed by atoms with Gasteiger partial charge in [0, 0.05) is 45.9 Å². The maximum Gasteiger partial charge on any atom is 0.297 e. The molecule has 1 aromatic rings. The third-order valence-electron chi connectivity index (χ3n) is 6.63. The molecule has 0 aromatic carbocycles. The topological polar surface area (TPSA) is 80.1 Å². The van der Waals surface area contributed by atoms with Gasteiger partial charge in [0.25, 0.3) is 6.01 Å². The van der Waals surface area contributed by atoms with Crippen LogP contribution in [-0.4, -0.2) is 74.4 Å². The number of anilines is 1. The minimum atomic E-state index is 0.0241. The Kier molecular flexibility index (Phi) is 7.28. The van der Waals surface area contributed by atoms with Crippen LogP contribution in [0.25, 0.3) is 0 Å². The van der Waals surface area contributed by atoms with Crippen LogP contribution in [0.1, 0.15) is 44.1 Å². The second-order valence-corrected chi connectivity index (χ2v) is 8.88. The first-order chi connectivity index (χ1) is 14.6. The molecule has 0 bridgehead atoms. The van der Waals surface area contributed by atoms with Crippen molar-refractivity contribution in [3.8, 4) is 0 Å². The smallest absolute Gasteiger partial charge is 0.297 e. The molecule has 1 aromatic heterocycles. The van der Waals surface area contributed by atoms with Gasteiger partial charge in [-0.25, -0.2) is 0 Å². The van der Waals surface area contributed by atoms with Crippen molar-refractivity contribution in [2.75, 3.05) is 57.4 Å². The van der Waals surface area contributed by atoms with Gasteiger partial charge < -0.3 is 24.1 Å². The molecule has 1 N–H and O–H groups in total. The zero-order chi connectivity index (χ0) is 20.9. The van der Waals surface area contributed by atoms with Crippen molar-refractivity contribution in [1.29, 1.82) is 0 Å². The lowest BCUT2D eigenvalue weighted by atomic mass is 9.87. The van der Waals surface area contributed by atoms with E-state index in [2.05, 4.69) is 22.0 Å². The Hall–Kier alpha value is -1.64. The first-order valence-electron chi connectivity index (χ1n) is 11.5. The van der Waals surface area contributed by atoms with E-state index in [1.807, 2.05) is 6.92 Å². The number of piperidine rings is 1. The van der Waals surface area contributed by atoms with Crippen molar-refractivity contribution in [2.45, 2.75) is 52.2 Å². The van der Waals surface area contributed by atoms with E-state index in [-0.39, 0.29) is 17.9 Å². The largest absolute Gasteiger partial charge is 0.429 e. The molecule has 0 saturated carbocycles. The van der Waals surface area contributed by atoms with Gasteiger partial charge in [0.15, 0.2) is 0 Å². The number of amides is 1. The maximum atomic E-state index is 12.8. The second kappa shape index (κ2) is 10.1. The van der Waals surface area contributed by atoms with Crippen LogP contribution < -0.4 is 10.2 Å². The van der Waals surface area contributed by atoms with E-state index < -0.39 is 0 Å². The van der Waals surface area contributed by atoms with Crippen molar-refractivity contribution >= 4 is 11.9 Å². The molecule has 3 atom stereocenters. The number of likely N-dealkylation sites (tertiary alicyclic amines) is 1. The summed E-state index contributed by atoms with van der Waals surface area (Å²) in [4.78, 5) is 22.1. The molecule has 30 heavy (non-hydrogen) atoms. The van der Waals surface area contributed by atoms with Gasteiger partial charge in [-0.05, 0) is 32.1 Å². The summed E-state index contributed by atoms with van der Waals surface area (Å²) < 4.78 is 17.0. The van der Waals surface area contributed by atoms with Gasteiger partial charge >= 0.3 is 0 Å². The van der Waals surface area contributed by atoms with Crippen LogP contribution in [0.5, 0.6) is 0 Å². The number of nitrogens with zero attached hydrogens (tertiary/aromatic N) is 3. The van der Waals surface area contributed by atoms with E-state index in [4.69, 9.17) is 18.9 Å². The van der Waals surface area contributed by atoms with E-state index in [1.165, 1.54) is 0 Å². The van der Waals surface area contributed by atoms with Crippen LogP contribution in [0.2, 0.25) is 0 Å². The van der Waals surface area contributed by atoms with Gasteiger partial charge in [-0.1, -0.05) is 13.3 Å². The molecule has 1 amide bonds. The SMILES string of the molecule is CC[C@@H]1C[C@@H](C(=O)NC[C@@H]2CCCO2)CN(Cc2nc(N3CCOCC3)oc2C)C1. The van der Waals surface area contributed by atoms with E-state index in [1.54, 1.807) is 0 Å². The summed E-state index contributed by atoms with van der Waals surface area (Å²) in [6.45, 7) is 11.2. The summed E-state index contributed by atoms with van der Waals surface area (Å²) in [6.07, 6.45) is 4.38. The standard InChI is InChI=1S/C22H36N4O4/c1-3-17-11-18(21(27)23-12-19-5-4-8-29-19)14-25(13-17)15-20-16(2)30-22(24-20)26-6-9-28-10-7-26/h17-19H,3-15H2,1-2H3,(H,23,27)/t17-,18-,19+/m1/s1. The fourth-order valence-corrected chi connectivity index (χ4v) is 4.74. The number of carbonyl (C=O) groups is 1. The Labute approximate surface area is 179 Å². The highest BCUT2D eigenvalue weighted by molar-refractivity contribution is 5.79. The van der Waals surface area contributed by atoms with Gasteiger partial charge in [-0.15, -0.1) is 0 Å². The van der Waals surface area contributed by atoms with Crippen LogP contribution in [0.3, 0.4) is 0 Å². The van der Waals surface area contributed by atoms with E-state index >= 15 is 0 Å². The molecule has 8 nitrogen and oxygen atoms in total. The molecule has 0 spiro atoms. The average Bonchev–Trinajstić information content (AvgIpc) is 3.42. The lowest BCUT2D eigenvalue weighted by molar-refractivity contribution is -0.128. The van der Waals surface area contributed by atoms with Crippen molar-refractivity contribution in [2.24, 2.45) is 11.8 Å². The molecular weight excluding hydrogens is 384 g/mol. The maximum absolute atomic E-state index is 12.8. The number of nitrogens with one attached hydrogen (secondary N) is 1. The van der Waals surface area contributed by atoms with E-state index in [0.29, 0.717) is 31.7 Å². The van der Waals surface area contributed by atoms with Crippen molar-refractivity contribution < 1.29 is 18.7 Å². The number of oxazole rings is 1. The Morgan fingerprint density at radius 2 is 2.07 bits per heavy atom. The first-order valence-corrected chi connectivity index (χ1v) is 11.5. The Morgan fingerprint density at radius 3 is 2.80 bits per heavy atom. The molecule has 4 heterocycles.